The molecule has 2 aromatic carbocycles. The van der Waals surface area contributed by atoms with Crippen LogP contribution in [0.2, 0.25) is 5.02 Å². The van der Waals surface area contributed by atoms with Crippen molar-refractivity contribution in [1.82, 2.24) is 19.9 Å². The zero-order chi connectivity index (χ0) is 21.9. The molecule has 5 rings (SSSR count). The van der Waals surface area contributed by atoms with Gasteiger partial charge in [0.15, 0.2) is 5.82 Å². The van der Waals surface area contributed by atoms with E-state index in [1.54, 1.807) is 10.6 Å². The fourth-order valence-electron chi connectivity index (χ4n) is 3.93. The van der Waals surface area contributed by atoms with Gasteiger partial charge in [-0.15, -0.1) is 5.10 Å². The lowest BCUT2D eigenvalue weighted by atomic mass is 10.0. The Kier molecular flexibility index (Phi) is 5.92. The van der Waals surface area contributed by atoms with E-state index in [2.05, 4.69) is 15.4 Å². The van der Waals surface area contributed by atoms with Crippen LogP contribution in [0.1, 0.15) is 34.7 Å². The second-order valence-corrected chi connectivity index (χ2v) is 8.32. The molecule has 0 bridgehead atoms. The molecular formula is C24H23ClN4O3. The monoisotopic (exact) mass is 450 g/mol. The van der Waals surface area contributed by atoms with Crippen molar-refractivity contribution in [2.75, 3.05) is 19.8 Å². The van der Waals surface area contributed by atoms with Crippen molar-refractivity contribution in [2.24, 2.45) is 5.92 Å². The number of hydrogen-bond acceptors (Lipinski definition) is 5. The van der Waals surface area contributed by atoms with Gasteiger partial charge in [-0.3, -0.25) is 4.79 Å². The zero-order valence-electron chi connectivity index (χ0n) is 17.5. The van der Waals surface area contributed by atoms with Crippen molar-refractivity contribution in [2.45, 2.75) is 19.3 Å². The van der Waals surface area contributed by atoms with Crippen LogP contribution in [0.4, 0.5) is 0 Å². The first kappa shape index (κ1) is 20.7. The molecule has 2 aromatic heterocycles. The Morgan fingerprint density at radius 1 is 1.09 bits per heavy atom. The van der Waals surface area contributed by atoms with Crippen molar-refractivity contribution >= 4 is 23.4 Å². The van der Waals surface area contributed by atoms with Crippen LogP contribution >= 0.6 is 11.6 Å². The average Bonchev–Trinajstić information content (AvgIpc) is 3.38. The number of nitrogens with zero attached hydrogens (tertiary/aromatic N) is 3. The number of benzene rings is 2. The predicted octanol–water partition coefficient (Wildman–Crippen LogP) is 4.39. The first-order chi connectivity index (χ1) is 15.7. The summed E-state index contributed by atoms with van der Waals surface area (Å²) in [5.41, 5.74) is 2.41. The van der Waals surface area contributed by atoms with Crippen LogP contribution in [0, 0.1) is 5.92 Å². The second-order valence-electron chi connectivity index (χ2n) is 7.92. The Morgan fingerprint density at radius 2 is 1.84 bits per heavy atom. The molecule has 0 saturated carbocycles. The maximum absolute atomic E-state index is 13.0. The number of oxazole rings is 1. The normalized spacial score (nSPS) is 14.7. The minimum Gasteiger partial charge on any atom is -0.416 e. The number of amides is 1. The van der Waals surface area contributed by atoms with Crippen LogP contribution in [0.25, 0.3) is 17.2 Å². The third-order valence-corrected chi connectivity index (χ3v) is 6.05. The highest BCUT2D eigenvalue weighted by atomic mass is 35.5. The summed E-state index contributed by atoms with van der Waals surface area (Å²) in [6.45, 7) is 2.07. The van der Waals surface area contributed by atoms with Crippen LogP contribution in [0.15, 0.2) is 59.0 Å². The highest BCUT2D eigenvalue weighted by molar-refractivity contribution is 6.33. The van der Waals surface area contributed by atoms with Crippen LogP contribution < -0.4 is 5.32 Å². The SMILES string of the molecule is O=C(NCC1CCOCC1)c1oc2nc(-c3ccccc3Cl)nn2c1Cc1ccccc1. The van der Waals surface area contributed by atoms with E-state index in [-0.39, 0.29) is 17.5 Å². The Hall–Kier alpha value is -3.16. The molecule has 0 spiro atoms. The van der Waals surface area contributed by atoms with Gasteiger partial charge in [-0.2, -0.15) is 9.50 Å². The van der Waals surface area contributed by atoms with E-state index in [0.717, 1.165) is 31.6 Å². The molecule has 4 aromatic rings. The number of halogens is 1. The molecule has 1 amide bonds. The third kappa shape index (κ3) is 4.26. The van der Waals surface area contributed by atoms with Crippen molar-refractivity contribution in [3.05, 3.63) is 76.6 Å². The van der Waals surface area contributed by atoms with E-state index in [4.69, 9.17) is 20.8 Å². The summed E-state index contributed by atoms with van der Waals surface area (Å²) in [7, 11) is 0. The highest BCUT2D eigenvalue weighted by Gasteiger charge is 2.25. The summed E-state index contributed by atoms with van der Waals surface area (Å²) < 4.78 is 12.9. The van der Waals surface area contributed by atoms with Gasteiger partial charge >= 0.3 is 5.84 Å². The first-order valence-electron chi connectivity index (χ1n) is 10.7. The van der Waals surface area contributed by atoms with E-state index >= 15 is 0 Å². The van der Waals surface area contributed by atoms with E-state index in [1.807, 2.05) is 48.5 Å². The number of fused-ring (bicyclic) bond motifs is 1. The molecule has 1 aliphatic rings. The summed E-state index contributed by atoms with van der Waals surface area (Å²) in [5, 5.41) is 8.20. The minimum absolute atomic E-state index is 0.238. The minimum atomic E-state index is -0.256. The molecule has 8 heteroatoms. The van der Waals surface area contributed by atoms with Gasteiger partial charge in [0.1, 0.15) is 5.69 Å². The van der Waals surface area contributed by atoms with Crippen LogP contribution in [0.3, 0.4) is 0 Å². The molecule has 0 aliphatic carbocycles. The fourth-order valence-corrected chi connectivity index (χ4v) is 4.15. The summed E-state index contributed by atoms with van der Waals surface area (Å²) in [6.07, 6.45) is 2.38. The van der Waals surface area contributed by atoms with Crippen LogP contribution in [-0.2, 0) is 11.2 Å². The summed E-state index contributed by atoms with van der Waals surface area (Å²) in [4.78, 5) is 17.6. The third-order valence-electron chi connectivity index (χ3n) is 5.72. The molecule has 1 aliphatic heterocycles. The van der Waals surface area contributed by atoms with Gasteiger partial charge in [0, 0.05) is 31.7 Å². The van der Waals surface area contributed by atoms with Gasteiger partial charge in [0.25, 0.3) is 5.91 Å². The largest absolute Gasteiger partial charge is 0.416 e. The lowest BCUT2D eigenvalue weighted by Gasteiger charge is -2.21. The number of rotatable bonds is 6. The molecule has 164 valence electrons. The molecule has 1 saturated heterocycles. The van der Waals surface area contributed by atoms with E-state index in [1.165, 1.54) is 0 Å². The fraction of sp³-hybridized carbons (Fsp3) is 0.292. The summed E-state index contributed by atoms with van der Waals surface area (Å²) in [6, 6.07) is 17.3. The molecular weight excluding hydrogens is 428 g/mol. The standard InChI is InChI=1S/C24H23ClN4O3/c25-19-9-5-4-8-18(19)22-27-24-29(28-22)20(14-16-6-2-1-3-7-16)21(32-24)23(30)26-15-17-10-12-31-13-11-17/h1-9,17H,10-15H2,(H,26,30). The molecule has 0 unspecified atom stereocenters. The summed E-state index contributed by atoms with van der Waals surface area (Å²) in [5.74, 6) is 1.12. The van der Waals surface area contributed by atoms with Gasteiger partial charge in [0.2, 0.25) is 5.76 Å². The summed E-state index contributed by atoms with van der Waals surface area (Å²) >= 11 is 6.33. The maximum atomic E-state index is 13.0. The maximum Gasteiger partial charge on any atom is 0.325 e. The van der Waals surface area contributed by atoms with Crippen LogP contribution in [0.5, 0.6) is 0 Å². The Bertz CT molecular complexity index is 1230. The number of aromatic nitrogens is 3. The quantitative estimate of drug-likeness (QED) is 0.471. The average molecular weight is 451 g/mol. The van der Waals surface area contributed by atoms with Crippen molar-refractivity contribution in [3.8, 4) is 11.4 Å². The van der Waals surface area contributed by atoms with Crippen molar-refractivity contribution in [1.29, 1.82) is 0 Å². The molecule has 1 N–H and O–H groups in total. The lowest BCUT2D eigenvalue weighted by molar-refractivity contribution is 0.0639. The molecule has 0 radical (unpaired) electrons. The number of nitrogens with one attached hydrogen (secondary N) is 1. The topological polar surface area (TPSA) is 81.7 Å². The van der Waals surface area contributed by atoms with Crippen LogP contribution in [-0.4, -0.2) is 40.3 Å². The van der Waals surface area contributed by atoms with Gasteiger partial charge in [-0.1, -0.05) is 54.1 Å². The molecule has 1 fully saturated rings. The van der Waals surface area contributed by atoms with E-state index in [0.29, 0.717) is 41.0 Å². The second kappa shape index (κ2) is 9.14. The van der Waals surface area contributed by atoms with E-state index < -0.39 is 0 Å². The number of carbonyl (C=O) groups excluding carboxylic acids is 1. The highest BCUT2D eigenvalue weighted by Crippen LogP contribution is 2.27. The zero-order valence-corrected chi connectivity index (χ0v) is 18.2. The first-order valence-corrected chi connectivity index (χ1v) is 11.1. The Balaban J connectivity index is 1.48. The van der Waals surface area contributed by atoms with Crippen molar-refractivity contribution < 1.29 is 13.9 Å². The smallest absolute Gasteiger partial charge is 0.325 e. The predicted molar refractivity (Wildman–Crippen MR) is 121 cm³/mol. The van der Waals surface area contributed by atoms with Gasteiger partial charge in [0.05, 0.1) is 5.02 Å². The Labute approximate surface area is 190 Å². The van der Waals surface area contributed by atoms with E-state index in [9.17, 15) is 4.79 Å². The number of ether oxygens (including phenoxy) is 1. The van der Waals surface area contributed by atoms with Gasteiger partial charge < -0.3 is 14.5 Å². The molecule has 3 heterocycles. The molecule has 32 heavy (non-hydrogen) atoms. The number of hydrogen-bond donors (Lipinski definition) is 1. The molecule has 0 atom stereocenters. The lowest BCUT2D eigenvalue weighted by Crippen LogP contribution is -2.32. The molecule has 7 nitrogen and oxygen atoms in total. The van der Waals surface area contributed by atoms with Gasteiger partial charge in [-0.05, 0) is 36.5 Å². The van der Waals surface area contributed by atoms with Gasteiger partial charge in [-0.25, -0.2) is 0 Å². The Morgan fingerprint density at radius 3 is 2.62 bits per heavy atom. The van der Waals surface area contributed by atoms with Crippen molar-refractivity contribution in [3.63, 3.8) is 0 Å². The number of carbonyl (C=O) groups is 1.